The maximum absolute atomic E-state index is 12.2. The lowest BCUT2D eigenvalue weighted by Gasteiger charge is -2.24. The van der Waals surface area contributed by atoms with E-state index < -0.39 is 0 Å². The van der Waals surface area contributed by atoms with Crippen molar-refractivity contribution in [2.45, 2.75) is 57.0 Å². The molecule has 2 fully saturated rings. The van der Waals surface area contributed by atoms with Crippen LogP contribution in [0.1, 0.15) is 44.1 Å². The maximum atomic E-state index is 12.2. The first-order chi connectivity index (χ1) is 12.6. The van der Waals surface area contributed by atoms with Crippen LogP contribution < -0.4 is 15.4 Å². The Kier molecular flexibility index (Phi) is 6.36. The Hall–Kier alpha value is -2.24. The van der Waals surface area contributed by atoms with Gasteiger partial charge in [0.1, 0.15) is 5.75 Å². The number of nitrogens with zero attached hydrogens (tertiary/aromatic N) is 1. The maximum Gasteiger partial charge on any atom is 0.315 e. The number of nitrogens with one attached hydrogen (secondary N) is 2. The van der Waals surface area contributed by atoms with E-state index in [0.29, 0.717) is 19.5 Å². The molecule has 2 aliphatic rings. The molecule has 1 heterocycles. The van der Waals surface area contributed by atoms with Crippen molar-refractivity contribution in [1.82, 2.24) is 15.5 Å². The van der Waals surface area contributed by atoms with Crippen molar-refractivity contribution in [2.24, 2.45) is 0 Å². The number of hydrogen-bond donors (Lipinski definition) is 2. The molecule has 6 heteroatoms. The molecule has 142 valence electrons. The molecule has 1 aromatic rings. The first kappa shape index (κ1) is 18.5. The molecule has 1 saturated heterocycles. The summed E-state index contributed by atoms with van der Waals surface area (Å²) in [6.45, 7) is 1.26. The minimum Gasteiger partial charge on any atom is -0.497 e. The zero-order valence-electron chi connectivity index (χ0n) is 15.5. The van der Waals surface area contributed by atoms with E-state index >= 15 is 0 Å². The summed E-state index contributed by atoms with van der Waals surface area (Å²) in [7, 11) is 1.65. The van der Waals surface area contributed by atoms with Crippen LogP contribution in [0.25, 0.3) is 0 Å². The molecule has 1 saturated carbocycles. The fourth-order valence-electron chi connectivity index (χ4n) is 3.80. The van der Waals surface area contributed by atoms with Gasteiger partial charge in [-0.1, -0.05) is 31.4 Å². The van der Waals surface area contributed by atoms with E-state index in [9.17, 15) is 9.59 Å². The fourth-order valence-corrected chi connectivity index (χ4v) is 3.80. The number of hydrogen-bond acceptors (Lipinski definition) is 3. The highest BCUT2D eigenvalue weighted by atomic mass is 16.5. The van der Waals surface area contributed by atoms with E-state index in [0.717, 1.165) is 25.0 Å². The third-order valence-electron chi connectivity index (χ3n) is 5.32. The monoisotopic (exact) mass is 359 g/mol. The van der Waals surface area contributed by atoms with Crippen LogP contribution in [-0.2, 0) is 11.2 Å². The smallest absolute Gasteiger partial charge is 0.315 e. The van der Waals surface area contributed by atoms with E-state index in [4.69, 9.17) is 4.74 Å². The quantitative estimate of drug-likeness (QED) is 0.820. The number of rotatable bonds is 6. The lowest BCUT2D eigenvalue weighted by molar-refractivity contribution is -0.127. The Morgan fingerprint density at radius 2 is 1.81 bits per heavy atom. The molecule has 6 nitrogen and oxygen atoms in total. The van der Waals surface area contributed by atoms with E-state index in [2.05, 4.69) is 10.6 Å². The van der Waals surface area contributed by atoms with Crippen LogP contribution in [0.2, 0.25) is 0 Å². The van der Waals surface area contributed by atoms with Crippen molar-refractivity contribution in [2.75, 3.05) is 20.2 Å². The highest BCUT2D eigenvalue weighted by Crippen LogP contribution is 2.18. The molecule has 1 aliphatic heterocycles. The van der Waals surface area contributed by atoms with Crippen molar-refractivity contribution >= 4 is 11.9 Å². The largest absolute Gasteiger partial charge is 0.497 e. The summed E-state index contributed by atoms with van der Waals surface area (Å²) in [5.41, 5.74) is 1.17. The lowest BCUT2D eigenvalue weighted by Crippen LogP contribution is -2.47. The molecular weight excluding hydrogens is 330 g/mol. The lowest BCUT2D eigenvalue weighted by atomic mass is 9.96. The van der Waals surface area contributed by atoms with E-state index in [1.807, 2.05) is 29.2 Å². The molecule has 1 aliphatic carbocycles. The molecule has 0 bridgehead atoms. The number of urea groups is 1. The van der Waals surface area contributed by atoms with Crippen LogP contribution in [-0.4, -0.2) is 49.1 Å². The van der Waals surface area contributed by atoms with Crippen molar-refractivity contribution in [3.8, 4) is 5.75 Å². The van der Waals surface area contributed by atoms with Gasteiger partial charge in [-0.05, 0) is 37.0 Å². The van der Waals surface area contributed by atoms with Crippen LogP contribution in [0, 0.1) is 0 Å². The molecule has 3 rings (SSSR count). The molecule has 3 amide bonds. The molecule has 0 spiro atoms. The molecular formula is C20H29N3O3. The van der Waals surface area contributed by atoms with E-state index in [1.165, 1.54) is 24.8 Å². The van der Waals surface area contributed by atoms with E-state index in [1.54, 1.807) is 7.11 Å². The van der Waals surface area contributed by atoms with Crippen molar-refractivity contribution in [3.63, 3.8) is 0 Å². The minimum absolute atomic E-state index is 0.0954. The zero-order valence-corrected chi connectivity index (χ0v) is 15.5. The second-order valence-electron chi connectivity index (χ2n) is 7.29. The molecule has 1 aromatic carbocycles. The number of carbonyl (C=O) groups excluding carboxylic acids is 2. The molecule has 0 radical (unpaired) electrons. The SMILES string of the molecule is COc1ccc(CCN2C[C@H](NC(=O)NC3CCCCC3)CC2=O)cc1. The highest BCUT2D eigenvalue weighted by molar-refractivity contribution is 5.81. The van der Waals surface area contributed by atoms with Crippen LogP contribution in [0.4, 0.5) is 4.79 Å². The van der Waals surface area contributed by atoms with Crippen LogP contribution in [0.5, 0.6) is 5.75 Å². The first-order valence-electron chi connectivity index (χ1n) is 9.62. The molecule has 2 N–H and O–H groups in total. The second-order valence-corrected chi connectivity index (χ2v) is 7.29. The Bertz CT molecular complexity index is 611. The van der Waals surface area contributed by atoms with Gasteiger partial charge in [-0.25, -0.2) is 4.79 Å². The highest BCUT2D eigenvalue weighted by Gasteiger charge is 2.30. The summed E-state index contributed by atoms with van der Waals surface area (Å²) in [6.07, 6.45) is 6.95. The molecule has 1 atom stereocenters. The van der Waals surface area contributed by atoms with Gasteiger partial charge in [0.15, 0.2) is 0 Å². The first-order valence-corrected chi connectivity index (χ1v) is 9.62. The Labute approximate surface area is 155 Å². The molecule has 0 unspecified atom stereocenters. The van der Waals surface area contributed by atoms with Crippen LogP contribution in [0.3, 0.4) is 0 Å². The number of methoxy groups -OCH3 is 1. The summed E-state index contributed by atoms with van der Waals surface area (Å²) in [4.78, 5) is 26.2. The zero-order chi connectivity index (χ0) is 18.4. The number of carbonyl (C=O) groups is 2. The van der Waals surface area contributed by atoms with E-state index in [-0.39, 0.29) is 24.0 Å². The van der Waals surface area contributed by atoms with Crippen molar-refractivity contribution in [1.29, 1.82) is 0 Å². The van der Waals surface area contributed by atoms with Gasteiger partial charge in [-0.15, -0.1) is 0 Å². The van der Waals surface area contributed by atoms with Crippen molar-refractivity contribution in [3.05, 3.63) is 29.8 Å². The topological polar surface area (TPSA) is 70.7 Å². The van der Waals surface area contributed by atoms with Gasteiger partial charge in [0.05, 0.1) is 13.2 Å². The summed E-state index contributed by atoms with van der Waals surface area (Å²) < 4.78 is 5.16. The van der Waals surface area contributed by atoms with Gasteiger partial charge in [0.25, 0.3) is 0 Å². The summed E-state index contributed by atoms with van der Waals surface area (Å²) in [5.74, 6) is 0.945. The normalized spacial score (nSPS) is 20.9. The number of benzene rings is 1. The average Bonchev–Trinajstić information content (AvgIpc) is 3.00. The Balaban J connectivity index is 1.41. The van der Waals surface area contributed by atoms with Gasteiger partial charge in [0.2, 0.25) is 5.91 Å². The standard InChI is InChI=1S/C20H29N3O3/c1-26-18-9-7-15(8-10-18)11-12-23-14-17(13-19(23)24)22-20(25)21-16-5-3-2-4-6-16/h7-10,16-17H,2-6,11-14H2,1H3,(H2,21,22,25)/t17-/m1/s1. The second kappa shape index (κ2) is 8.92. The van der Waals surface area contributed by atoms with Crippen molar-refractivity contribution < 1.29 is 14.3 Å². The minimum atomic E-state index is -0.133. The van der Waals surface area contributed by atoms with Crippen LogP contribution >= 0.6 is 0 Å². The predicted octanol–water partition coefficient (Wildman–Crippen LogP) is 2.47. The number of likely N-dealkylation sites (tertiary alicyclic amines) is 1. The van der Waals surface area contributed by atoms with Gasteiger partial charge in [-0.3, -0.25) is 4.79 Å². The van der Waals surface area contributed by atoms with Gasteiger partial charge in [-0.2, -0.15) is 0 Å². The predicted molar refractivity (Wildman–Crippen MR) is 100 cm³/mol. The summed E-state index contributed by atoms with van der Waals surface area (Å²) >= 11 is 0. The number of ether oxygens (including phenoxy) is 1. The number of amides is 3. The van der Waals surface area contributed by atoms with Gasteiger partial charge >= 0.3 is 6.03 Å². The fraction of sp³-hybridized carbons (Fsp3) is 0.600. The average molecular weight is 359 g/mol. The Morgan fingerprint density at radius 3 is 2.50 bits per heavy atom. The third kappa shape index (κ3) is 5.13. The molecule has 0 aromatic heterocycles. The van der Waals surface area contributed by atoms with Gasteiger partial charge in [0, 0.05) is 25.6 Å². The van der Waals surface area contributed by atoms with Gasteiger partial charge < -0.3 is 20.3 Å². The van der Waals surface area contributed by atoms with Crippen LogP contribution in [0.15, 0.2) is 24.3 Å². The third-order valence-corrected chi connectivity index (χ3v) is 5.32. The molecule has 26 heavy (non-hydrogen) atoms. The summed E-state index contributed by atoms with van der Waals surface area (Å²) in [6, 6.07) is 7.96. The summed E-state index contributed by atoms with van der Waals surface area (Å²) in [5, 5.41) is 6.02. The Morgan fingerprint density at radius 1 is 1.12 bits per heavy atom.